The Kier molecular flexibility index (Phi) is 3.55. The fourth-order valence-electron chi connectivity index (χ4n) is 0.942. The first-order chi connectivity index (χ1) is 5.00. The lowest BCUT2D eigenvalue weighted by molar-refractivity contribution is -0.00000260. The number of halogens is 1. The minimum absolute atomic E-state index is 0. The van der Waals surface area contributed by atoms with E-state index in [1.165, 1.54) is 5.69 Å². The molecule has 2 nitrogen and oxygen atoms in total. The minimum Gasteiger partial charge on any atom is -1.00 e. The van der Waals surface area contributed by atoms with E-state index in [1.54, 1.807) is 0 Å². The van der Waals surface area contributed by atoms with Gasteiger partial charge >= 0.3 is 0 Å². The van der Waals surface area contributed by atoms with Gasteiger partial charge in [-0.15, -0.1) is 0 Å². The van der Waals surface area contributed by atoms with Crippen molar-refractivity contribution in [1.82, 2.24) is 4.48 Å². The lowest BCUT2D eigenvalue weighted by Crippen LogP contribution is -3.00. The summed E-state index contributed by atoms with van der Waals surface area (Å²) in [6, 6.07) is 7.96. The van der Waals surface area contributed by atoms with E-state index in [0.717, 1.165) is 10.2 Å². The van der Waals surface area contributed by atoms with Gasteiger partial charge in [0.2, 0.25) is 0 Å². The van der Waals surface area contributed by atoms with Gasteiger partial charge in [0.05, 0.1) is 21.1 Å². The summed E-state index contributed by atoms with van der Waals surface area (Å²) in [5.74, 6) is 0. The van der Waals surface area contributed by atoms with Crippen molar-refractivity contribution in [2.75, 3.05) is 26.9 Å². The molecule has 0 unspecified atom stereocenters. The third-order valence-electron chi connectivity index (χ3n) is 1.64. The Bertz CT molecular complexity index is 253. The number of hydrogen-bond donors (Lipinski definition) is 1. The van der Waals surface area contributed by atoms with Crippen LogP contribution in [0.25, 0.3) is 0 Å². The van der Waals surface area contributed by atoms with Gasteiger partial charge in [-0.1, -0.05) is 6.07 Å². The number of quaternary nitrogens is 1. The highest BCUT2D eigenvalue weighted by Gasteiger charge is 2.10. The van der Waals surface area contributed by atoms with Crippen LogP contribution in [0, 0.1) is 0 Å². The van der Waals surface area contributed by atoms with Gasteiger partial charge in [-0.25, -0.2) is 0 Å². The Labute approximate surface area is 80.0 Å². The summed E-state index contributed by atoms with van der Waals surface area (Å²) in [4.78, 5) is 0. The summed E-state index contributed by atoms with van der Waals surface area (Å²) in [7, 11) is 6.36. The van der Waals surface area contributed by atoms with Gasteiger partial charge in [0, 0.05) is 11.8 Å². The number of nitrogen functional groups attached to an aromatic ring is 1. The van der Waals surface area contributed by atoms with Crippen molar-refractivity contribution >= 4 is 11.4 Å². The summed E-state index contributed by atoms with van der Waals surface area (Å²) in [6.45, 7) is 0. The molecule has 2 N–H and O–H groups in total. The molecule has 0 heterocycles. The van der Waals surface area contributed by atoms with Crippen molar-refractivity contribution < 1.29 is 12.4 Å². The zero-order valence-electron chi connectivity index (χ0n) is 7.71. The zero-order valence-corrected chi connectivity index (χ0v) is 8.47. The second kappa shape index (κ2) is 3.78. The van der Waals surface area contributed by atoms with Crippen LogP contribution in [-0.4, -0.2) is 21.1 Å². The molecule has 3 heteroatoms. The SMILES string of the molecule is C[N+](C)(C)c1cccc(N)c1.[Cl-]. The smallest absolute Gasteiger partial charge is 0.134 e. The van der Waals surface area contributed by atoms with Gasteiger partial charge in [0.25, 0.3) is 0 Å². The monoisotopic (exact) mass is 186 g/mol. The Morgan fingerprint density at radius 1 is 1.17 bits per heavy atom. The van der Waals surface area contributed by atoms with Crippen LogP contribution in [0.15, 0.2) is 24.3 Å². The molecule has 0 amide bonds. The standard InChI is InChI=1S/C9H15N2.ClH/c1-11(2,3)9-6-4-5-8(10)7-9;/h4-7H,10H2,1-3H3;1H/q+1;/p-1. The van der Waals surface area contributed by atoms with E-state index >= 15 is 0 Å². The number of nitrogens with zero attached hydrogens (tertiary/aromatic N) is 1. The van der Waals surface area contributed by atoms with Crippen LogP contribution >= 0.6 is 0 Å². The molecule has 0 spiro atoms. The highest BCUT2D eigenvalue weighted by molar-refractivity contribution is 5.52. The molecule has 0 atom stereocenters. The maximum absolute atomic E-state index is 5.65. The molecule has 0 saturated heterocycles. The number of nitrogens with two attached hydrogens (primary N) is 1. The Balaban J connectivity index is 0.00000121. The normalized spacial score (nSPS) is 10.6. The van der Waals surface area contributed by atoms with Crippen molar-refractivity contribution in [3.8, 4) is 0 Å². The lowest BCUT2D eigenvalue weighted by Gasteiger charge is -2.23. The summed E-state index contributed by atoms with van der Waals surface area (Å²) < 4.78 is 0.811. The van der Waals surface area contributed by atoms with Gasteiger partial charge in [-0.3, -0.25) is 4.48 Å². The highest BCUT2D eigenvalue weighted by atomic mass is 35.5. The zero-order chi connectivity index (χ0) is 8.48. The van der Waals surface area contributed by atoms with E-state index < -0.39 is 0 Å². The Hall–Kier alpha value is -0.730. The molecule has 0 bridgehead atoms. The lowest BCUT2D eigenvalue weighted by atomic mass is 10.2. The third kappa shape index (κ3) is 2.72. The van der Waals surface area contributed by atoms with Gasteiger partial charge in [0.15, 0.2) is 0 Å². The highest BCUT2D eigenvalue weighted by Crippen LogP contribution is 2.18. The van der Waals surface area contributed by atoms with Crippen LogP contribution in [0.5, 0.6) is 0 Å². The van der Waals surface area contributed by atoms with Crippen molar-refractivity contribution in [3.05, 3.63) is 24.3 Å². The van der Waals surface area contributed by atoms with E-state index in [2.05, 4.69) is 27.2 Å². The van der Waals surface area contributed by atoms with Crippen molar-refractivity contribution in [2.24, 2.45) is 0 Å². The first kappa shape index (κ1) is 11.3. The number of benzene rings is 1. The predicted octanol–water partition coefficient (Wildman–Crippen LogP) is -1.53. The molecule has 68 valence electrons. The van der Waals surface area contributed by atoms with Crippen molar-refractivity contribution in [2.45, 2.75) is 0 Å². The Morgan fingerprint density at radius 2 is 1.75 bits per heavy atom. The maximum atomic E-state index is 5.65. The van der Waals surface area contributed by atoms with Crippen molar-refractivity contribution in [3.63, 3.8) is 0 Å². The van der Waals surface area contributed by atoms with Crippen molar-refractivity contribution in [1.29, 1.82) is 0 Å². The molecule has 0 fully saturated rings. The molecule has 0 aromatic heterocycles. The molecule has 0 aliphatic rings. The molecule has 1 aromatic rings. The molecule has 12 heavy (non-hydrogen) atoms. The average molecular weight is 187 g/mol. The van der Waals surface area contributed by atoms with Gasteiger partial charge < -0.3 is 18.1 Å². The van der Waals surface area contributed by atoms with Crippen LogP contribution in [0.1, 0.15) is 0 Å². The maximum Gasteiger partial charge on any atom is 0.134 e. The van der Waals surface area contributed by atoms with Crippen LogP contribution in [0.3, 0.4) is 0 Å². The first-order valence-corrected chi connectivity index (χ1v) is 3.68. The second-order valence-corrected chi connectivity index (χ2v) is 3.61. The molecule has 0 aliphatic carbocycles. The minimum atomic E-state index is 0. The Morgan fingerprint density at radius 3 is 2.08 bits per heavy atom. The van der Waals surface area contributed by atoms with Crippen LogP contribution in [0.2, 0.25) is 0 Å². The van der Waals surface area contributed by atoms with E-state index in [1.807, 2.05) is 18.2 Å². The molecular weight excluding hydrogens is 172 g/mol. The first-order valence-electron chi connectivity index (χ1n) is 3.68. The van der Waals surface area contributed by atoms with Gasteiger partial charge in [0.1, 0.15) is 5.69 Å². The largest absolute Gasteiger partial charge is 1.00 e. The molecule has 1 rings (SSSR count). The molecular formula is C9H15ClN2. The summed E-state index contributed by atoms with van der Waals surface area (Å²) in [6.07, 6.45) is 0. The number of anilines is 1. The van der Waals surface area contributed by atoms with Crippen LogP contribution < -0.4 is 22.6 Å². The van der Waals surface area contributed by atoms with Gasteiger partial charge in [-0.2, -0.15) is 0 Å². The molecule has 1 aromatic carbocycles. The van der Waals surface area contributed by atoms with E-state index in [9.17, 15) is 0 Å². The quantitative estimate of drug-likeness (QED) is 0.418. The predicted molar refractivity (Wildman–Crippen MR) is 50.4 cm³/mol. The van der Waals surface area contributed by atoms with Crippen LogP contribution in [0.4, 0.5) is 11.4 Å². The number of hydrogen-bond acceptors (Lipinski definition) is 1. The summed E-state index contributed by atoms with van der Waals surface area (Å²) >= 11 is 0. The summed E-state index contributed by atoms with van der Waals surface area (Å²) in [5, 5.41) is 0. The van der Waals surface area contributed by atoms with Crippen LogP contribution in [-0.2, 0) is 0 Å². The molecule has 0 saturated carbocycles. The second-order valence-electron chi connectivity index (χ2n) is 3.61. The van der Waals surface area contributed by atoms with E-state index in [0.29, 0.717) is 0 Å². The van der Waals surface area contributed by atoms with Gasteiger partial charge in [-0.05, 0) is 12.1 Å². The molecule has 0 radical (unpaired) electrons. The third-order valence-corrected chi connectivity index (χ3v) is 1.64. The fourth-order valence-corrected chi connectivity index (χ4v) is 0.942. The van der Waals surface area contributed by atoms with E-state index in [4.69, 9.17) is 5.73 Å². The average Bonchev–Trinajstić information content (AvgIpc) is 1.86. The fraction of sp³-hybridized carbons (Fsp3) is 0.333. The topological polar surface area (TPSA) is 26.0 Å². The molecule has 0 aliphatic heterocycles. The van der Waals surface area contributed by atoms with E-state index in [-0.39, 0.29) is 12.4 Å². The summed E-state index contributed by atoms with van der Waals surface area (Å²) in [5.41, 5.74) is 7.70. The number of rotatable bonds is 1.